The third kappa shape index (κ3) is 3.31. The maximum atomic E-state index is 13.7. The first kappa shape index (κ1) is 15.3. The van der Waals surface area contributed by atoms with Crippen molar-refractivity contribution in [1.29, 1.82) is 0 Å². The lowest BCUT2D eigenvalue weighted by atomic mass is 10.1. The van der Waals surface area contributed by atoms with Crippen molar-refractivity contribution < 1.29 is 9.18 Å². The van der Waals surface area contributed by atoms with Crippen molar-refractivity contribution in [2.75, 3.05) is 5.32 Å². The fourth-order valence-electron chi connectivity index (χ4n) is 1.67. The van der Waals surface area contributed by atoms with E-state index >= 15 is 0 Å². The summed E-state index contributed by atoms with van der Waals surface area (Å²) in [4.78, 5) is 12.1. The molecule has 1 amide bonds. The molecule has 106 valence electrons. The Balaban J connectivity index is 2.22. The molecule has 1 heterocycles. The largest absolute Gasteiger partial charge is 0.380 e. The number of hydrogen-bond acceptors (Lipinski definition) is 3. The molecule has 0 saturated heterocycles. The summed E-state index contributed by atoms with van der Waals surface area (Å²) in [5.41, 5.74) is 6.30. The predicted molar refractivity (Wildman–Crippen MR) is 84.0 cm³/mol. The quantitative estimate of drug-likeness (QED) is 0.833. The van der Waals surface area contributed by atoms with Gasteiger partial charge in [-0.05, 0) is 41.1 Å². The molecule has 2 aromatic rings. The fourth-order valence-corrected chi connectivity index (χ4v) is 3.40. The summed E-state index contributed by atoms with van der Waals surface area (Å²) in [5.74, 6) is -1.12. The van der Waals surface area contributed by atoms with Crippen molar-refractivity contribution in [2.45, 2.75) is 13.5 Å². The van der Waals surface area contributed by atoms with Crippen LogP contribution in [0.3, 0.4) is 0 Å². The lowest BCUT2D eigenvalue weighted by molar-refractivity contribution is 0.1000. The maximum Gasteiger partial charge on any atom is 0.248 e. The van der Waals surface area contributed by atoms with Gasteiger partial charge in [0.2, 0.25) is 5.91 Å². The van der Waals surface area contributed by atoms with Crippen LogP contribution >= 0.6 is 38.9 Å². The summed E-state index contributed by atoms with van der Waals surface area (Å²) < 4.78 is 15.2. The van der Waals surface area contributed by atoms with Crippen molar-refractivity contribution in [2.24, 2.45) is 5.73 Å². The van der Waals surface area contributed by atoms with Crippen LogP contribution in [0.25, 0.3) is 0 Å². The molecular weight excluding hydrogens is 367 g/mol. The van der Waals surface area contributed by atoms with Crippen LogP contribution in [0.15, 0.2) is 22.7 Å². The van der Waals surface area contributed by atoms with E-state index in [-0.39, 0.29) is 5.56 Å². The average Bonchev–Trinajstić information content (AvgIpc) is 2.70. The van der Waals surface area contributed by atoms with Crippen molar-refractivity contribution >= 4 is 50.5 Å². The molecule has 2 rings (SSSR count). The van der Waals surface area contributed by atoms with Gasteiger partial charge in [-0.1, -0.05) is 11.6 Å². The average molecular weight is 378 g/mol. The van der Waals surface area contributed by atoms with Crippen LogP contribution in [0, 0.1) is 12.7 Å². The third-order valence-corrected chi connectivity index (χ3v) is 5.25. The van der Waals surface area contributed by atoms with Gasteiger partial charge in [-0.3, -0.25) is 4.79 Å². The van der Waals surface area contributed by atoms with E-state index in [1.54, 1.807) is 13.0 Å². The zero-order valence-corrected chi connectivity index (χ0v) is 13.6. The number of amides is 1. The fraction of sp³-hybridized carbons (Fsp3) is 0.154. The molecule has 0 fully saturated rings. The minimum atomic E-state index is -0.658. The van der Waals surface area contributed by atoms with E-state index in [1.807, 2.05) is 6.07 Å². The molecule has 0 aliphatic heterocycles. The lowest BCUT2D eigenvalue weighted by Crippen LogP contribution is -2.12. The summed E-state index contributed by atoms with van der Waals surface area (Å²) >= 11 is 10.7. The monoisotopic (exact) mass is 376 g/mol. The van der Waals surface area contributed by atoms with Gasteiger partial charge >= 0.3 is 0 Å². The number of thiophene rings is 1. The highest BCUT2D eigenvalue weighted by molar-refractivity contribution is 9.10. The molecule has 0 spiro atoms. The van der Waals surface area contributed by atoms with Gasteiger partial charge in [0.05, 0.1) is 0 Å². The number of carbonyl (C=O) groups excluding carboxylic acids is 1. The van der Waals surface area contributed by atoms with E-state index in [4.69, 9.17) is 17.3 Å². The summed E-state index contributed by atoms with van der Waals surface area (Å²) in [6.45, 7) is 2.12. The van der Waals surface area contributed by atoms with Crippen molar-refractivity contribution in [3.8, 4) is 0 Å². The van der Waals surface area contributed by atoms with E-state index < -0.39 is 11.7 Å². The molecule has 1 aromatic heterocycles. The first-order valence-electron chi connectivity index (χ1n) is 5.66. The Morgan fingerprint density at radius 3 is 2.75 bits per heavy atom. The minimum Gasteiger partial charge on any atom is -0.380 e. The Kier molecular flexibility index (Phi) is 4.67. The zero-order valence-electron chi connectivity index (χ0n) is 10.5. The molecule has 0 unspecified atom stereocenters. The lowest BCUT2D eigenvalue weighted by Gasteiger charge is -2.11. The molecule has 0 aliphatic rings. The normalized spacial score (nSPS) is 10.6. The molecule has 0 saturated carbocycles. The summed E-state index contributed by atoms with van der Waals surface area (Å²) in [6.07, 6.45) is 0. The number of nitrogens with one attached hydrogen (secondary N) is 1. The van der Waals surface area contributed by atoms with Crippen molar-refractivity contribution in [1.82, 2.24) is 0 Å². The predicted octanol–water partition coefficient (Wildman–Crippen LogP) is 4.32. The number of rotatable bonds is 4. The standard InChI is InChI=1S/C13H11BrClFN2OS/c1-6-10(16)2-7(13(17)19)3-11(6)18-5-8-4-9(14)12(15)20-8/h2-4,18H,5H2,1H3,(H2,17,19). The number of carbonyl (C=O) groups is 1. The van der Waals surface area contributed by atoms with Crippen LogP contribution in [0.1, 0.15) is 20.8 Å². The molecule has 0 bridgehead atoms. The van der Waals surface area contributed by atoms with Crippen LogP contribution in [0.4, 0.5) is 10.1 Å². The van der Waals surface area contributed by atoms with Crippen molar-refractivity contribution in [3.63, 3.8) is 0 Å². The van der Waals surface area contributed by atoms with E-state index in [9.17, 15) is 9.18 Å². The van der Waals surface area contributed by atoms with Gasteiger partial charge in [0.15, 0.2) is 0 Å². The summed E-state index contributed by atoms with van der Waals surface area (Å²) in [7, 11) is 0. The second-order valence-corrected chi connectivity index (χ2v) is 6.78. The molecule has 0 aliphatic carbocycles. The number of hydrogen-bond donors (Lipinski definition) is 2. The molecule has 7 heteroatoms. The Labute approximate surface area is 133 Å². The first-order chi connectivity index (χ1) is 9.38. The second kappa shape index (κ2) is 6.11. The van der Waals surface area contributed by atoms with Crippen LogP contribution < -0.4 is 11.1 Å². The van der Waals surface area contributed by atoms with Crippen LogP contribution in [-0.4, -0.2) is 5.91 Å². The molecule has 0 radical (unpaired) electrons. The van der Waals surface area contributed by atoms with Crippen LogP contribution in [0.2, 0.25) is 4.34 Å². The van der Waals surface area contributed by atoms with Gasteiger partial charge in [0, 0.05) is 32.7 Å². The highest BCUT2D eigenvalue weighted by atomic mass is 79.9. The Morgan fingerprint density at radius 2 is 2.20 bits per heavy atom. The van der Waals surface area contributed by atoms with Gasteiger partial charge in [0.25, 0.3) is 0 Å². The van der Waals surface area contributed by atoms with Crippen LogP contribution in [-0.2, 0) is 6.54 Å². The Hall–Kier alpha value is -1.11. The first-order valence-corrected chi connectivity index (χ1v) is 7.64. The summed E-state index contributed by atoms with van der Waals surface area (Å²) in [6, 6.07) is 4.58. The van der Waals surface area contributed by atoms with E-state index in [0.717, 1.165) is 15.4 Å². The number of primary amides is 1. The van der Waals surface area contributed by atoms with E-state index in [1.165, 1.54) is 11.3 Å². The van der Waals surface area contributed by atoms with Gasteiger partial charge in [-0.25, -0.2) is 4.39 Å². The van der Waals surface area contributed by atoms with Gasteiger partial charge in [-0.15, -0.1) is 11.3 Å². The molecular formula is C13H11BrClFN2OS. The molecule has 1 aromatic carbocycles. The maximum absolute atomic E-state index is 13.7. The smallest absolute Gasteiger partial charge is 0.248 e. The van der Waals surface area contributed by atoms with Crippen molar-refractivity contribution in [3.05, 3.63) is 48.8 Å². The summed E-state index contributed by atoms with van der Waals surface area (Å²) in [5, 5.41) is 3.09. The Morgan fingerprint density at radius 1 is 1.50 bits per heavy atom. The topological polar surface area (TPSA) is 55.1 Å². The minimum absolute atomic E-state index is 0.140. The number of benzene rings is 1. The SMILES string of the molecule is Cc1c(F)cc(C(N)=O)cc1NCc1cc(Br)c(Cl)s1. The highest BCUT2D eigenvalue weighted by Crippen LogP contribution is 2.32. The number of nitrogens with two attached hydrogens (primary N) is 1. The number of halogens is 3. The molecule has 3 N–H and O–H groups in total. The Bertz CT molecular complexity index is 655. The zero-order chi connectivity index (χ0) is 14.9. The third-order valence-electron chi connectivity index (χ3n) is 2.78. The van der Waals surface area contributed by atoms with E-state index in [2.05, 4.69) is 21.2 Å². The molecule has 20 heavy (non-hydrogen) atoms. The van der Waals surface area contributed by atoms with Gasteiger partial charge in [-0.2, -0.15) is 0 Å². The molecule has 0 atom stereocenters. The number of anilines is 1. The van der Waals surface area contributed by atoms with Gasteiger partial charge < -0.3 is 11.1 Å². The van der Waals surface area contributed by atoms with Gasteiger partial charge in [0.1, 0.15) is 10.2 Å². The van der Waals surface area contributed by atoms with Crippen LogP contribution in [0.5, 0.6) is 0 Å². The molecule has 3 nitrogen and oxygen atoms in total. The van der Waals surface area contributed by atoms with E-state index in [0.29, 0.717) is 22.1 Å². The highest BCUT2D eigenvalue weighted by Gasteiger charge is 2.11. The second-order valence-electron chi connectivity index (χ2n) is 4.18.